The highest BCUT2D eigenvalue weighted by Gasteiger charge is 2.34. The Kier molecular flexibility index (Phi) is 5.63. The maximum Gasteiger partial charge on any atom is 0.255 e. The van der Waals surface area contributed by atoms with Crippen LogP contribution in [0, 0.1) is 6.92 Å². The van der Waals surface area contributed by atoms with Crippen LogP contribution in [0.2, 0.25) is 0 Å². The zero-order chi connectivity index (χ0) is 21.1. The summed E-state index contributed by atoms with van der Waals surface area (Å²) in [5, 5.41) is 20.0. The smallest absolute Gasteiger partial charge is 0.255 e. The van der Waals surface area contributed by atoms with Crippen LogP contribution >= 0.6 is 0 Å². The first kappa shape index (κ1) is 19.8. The van der Waals surface area contributed by atoms with Crippen molar-refractivity contribution in [1.82, 2.24) is 14.8 Å². The van der Waals surface area contributed by atoms with Crippen molar-refractivity contribution >= 4 is 17.5 Å². The van der Waals surface area contributed by atoms with E-state index in [4.69, 9.17) is 5.11 Å². The number of rotatable bonds is 6. The van der Waals surface area contributed by atoms with Gasteiger partial charge in [-0.2, -0.15) is 10.1 Å². The normalized spacial score (nSPS) is 15.5. The van der Waals surface area contributed by atoms with Crippen LogP contribution in [0.3, 0.4) is 0 Å². The number of aliphatic hydroxyl groups is 1. The number of aliphatic hydroxyl groups excluding tert-OH is 1. The number of nitrogens with zero attached hydrogens (tertiary/aromatic N) is 3. The van der Waals surface area contributed by atoms with Crippen LogP contribution in [-0.2, 0) is 11.2 Å². The number of fused-ring (bicyclic) bond motifs is 1. The van der Waals surface area contributed by atoms with E-state index in [2.05, 4.69) is 26.8 Å². The van der Waals surface area contributed by atoms with Gasteiger partial charge in [-0.15, -0.1) is 0 Å². The van der Waals surface area contributed by atoms with Gasteiger partial charge in [0.25, 0.3) is 5.91 Å². The molecule has 1 unspecified atom stereocenters. The molecule has 7 nitrogen and oxygen atoms in total. The van der Waals surface area contributed by atoms with E-state index >= 15 is 0 Å². The maximum atomic E-state index is 13.3. The number of benzene rings is 2. The molecule has 0 saturated carbocycles. The van der Waals surface area contributed by atoms with Gasteiger partial charge in [0, 0.05) is 24.4 Å². The molecule has 30 heavy (non-hydrogen) atoms. The quantitative estimate of drug-likeness (QED) is 0.586. The van der Waals surface area contributed by atoms with Gasteiger partial charge >= 0.3 is 0 Å². The van der Waals surface area contributed by atoms with Gasteiger partial charge in [-0.3, -0.25) is 4.79 Å². The minimum absolute atomic E-state index is 0.0839. The van der Waals surface area contributed by atoms with E-state index in [-0.39, 0.29) is 12.5 Å². The third-order valence-corrected chi connectivity index (χ3v) is 5.09. The maximum absolute atomic E-state index is 13.3. The fraction of sp³-hybridized carbons (Fsp3) is 0.261. The Labute approximate surface area is 175 Å². The number of hydrogen-bond donors (Lipinski definition) is 3. The van der Waals surface area contributed by atoms with E-state index in [1.54, 1.807) is 4.68 Å². The lowest BCUT2D eigenvalue weighted by molar-refractivity contribution is -0.113. The molecule has 0 saturated heterocycles. The summed E-state index contributed by atoms with van der Waals surface area (Å²) in [5.74, 6) is 1.06. The summed E-state index contributed by atoms with van der Waals surface area (Å²) < 4.78 is 1.77. The second-order valence-corrected chi connectivity index (χ2v) is 7.42. The van der Waals surface area contributed by atoms with E-state index in [1.807, 2.05) is 62.4 Å². The number of carbonyl (C=O) groups is 1. The molecule has 154 valence electrons. The molecule has 1 aliphatic rings. The number of aryl methyl sites for hydroxylation is 2. The van der Waals surface area contributed by atoms with Gasteiger partial charge in [0.2, 0.25) is 5.95 Å². The number of anilines is 2. The third-order valence-electron chi connectivity index (χ3n) is 5.09. The summed E-state index contributed by atoms with van der Waals surface area (Å²) in [6, 6.07) is 17.1. The molecule has 3 N–H and O–H groups in total. The van der Waals surface area contributed by atoms with Crippen molar-refractivity contribution in [2.75, 3.05) is 17.2 Å². The van der Waals surface area contributed by atoms with E-state index in [0.29, 0.717) is 30.2 Å². The molecule has 1 aliphatic heterocycles. The second-order valence-electron chi connectivity index (χ2n) is 7.42. The number of allylic oxidation sites excluding steroid dienone is 1. The van der Waals surface area contributed by atoms with Gasteiger partial charge < -0.3 is 15.7 Å². The Morgan fingerprint density at radius 1 is 1.17 bits per heavy atom. The zero-order valence-corrected chi connectivity index (χ0v) is 17.1. The molecule has 0 aliphatic carbocycles. The van der Waals surface area contributed by atoms with E-state index in [1.165, 1.54) is 0 Å². The standard InChI is InChI=1S/C23H25N5O2/c1-15-8-6-9-17(14-15)21-20(22(30)25-18-10-4-3-5-11-18)16(2)24-23-26-19(12-7-13-29)27-28(21)23/h3-6,8-11,14,21,29H,7,12-13H2,1-2H3,(H,25,30)(H,24,26,27). The average molecular weight is 403 g/mol. The molecule has 0 radical (unpaired) electrons. The van der Waals surface area contributed by atoms with Crippen molar-refractivity contribution in [2.45, 2.75) is 32.7 Å². The predicted molar refractivity (Wildman–Crippen MR) is 116 cm³/mol. The topological polar surface area (TPSA) is 92.1 Å². The van der Waals surface area contributed by atoms with Crippen LogP contribution in [-0.4, -0.2) is 32.4 Å². The number of para-hydroxylation sites is 1. The lowest BCUT2D eigenvalue weighted by Crippen LogP contribution is -2.31. The molecule has 0 fully saturated rings. The summed E-state index contributed by atoms with van der Waals surface area (Å²) in [4.78, 5) is 17.9. The largest absolute Gasteiger partial charge is 0.396 e. The van der Waals surface area contributed by atoms with Crippen molar-refractivity contribution in [2.24, 2.45) is 0 Å². The summed E-state index contributed by atoms with van der Waals surface area (Å²) in [5.41, 5.74) is 4.14. The molecule has 0 spiro atoms. The molecule has 4 rings (SSSR count). The highest BCUT2D eigenvalue weighted by molar-refractivity contribution is 6.06. The van der Waals surface area contributed by atoms with Gasteiger partial charge in [0.15, 0.2) is 5.82 Å². The van der Waals surface area contributed by atoms with Crippen LogP contribution in [0.25, 0.3) is 0 Å². The highest BCUT2D eigenvalue weighted by Crippen LogP contribution is 2.36. The average Bonchev–Trinajstić information content (AvgIpc) is 3.14. The SMILES string of the molecule is CC1=C(C(=O)Nc2ccccc2)C(c2cccc(C)c2)n2nc(CCCO)nc2N1. The third kappa shape index (κ3) is 3.97. The van der Waals surface area contributed by atoms with Crippen LogP contribution < -0.4 is 10.6 Å². The molecule has 1 atom stereocenters. The zero-order valence-electron chi connectivity index (χ0n) is 17.1. The Bertz CT molecular complexity index is 1090. The first-order valence-electron chi connectivity index (χ1n) is 10.0. The summed E-state index contributed by atoms with van der Waals surface area (Å²) in [6.45, 7) is 3.99. The molecule has 1 amide bonds. The minimum atomic E-state index is -0.403. The minimum Gasteiger partial charge on any atom is -0.396 e. The molecular formula is C23H25N5O2. The Hall–Kier alpha value is -3.45. The fourth-order valence-electron chi connectivity index (χ4n) is 3.70. The van der Waals surface area contributed by atoms with Crippen molar-refractivity contribution in [3.05, 3.63) is 82.8 Å². The van der Waals surface area contributed by atoms with Crippen molar-refractivity contribution in [1.29, 1.82) is 0 Å². The second kappa shape index (κ2) is 8.51. The number of carbonyl (C=O) groups excluding carboxylic acids is 1. The molecule has 0 bridgehead atoms. The Morgan fingerprint density at radius 3 is 2.70 bits per heavy atom. The molecule has 3 aromatic rings. The Morgan fingerprint density at radius 2 is 1.97 bits per heavy atom. The highest BCUT2D eigenvalue weighted by atomic mass is 16.3. The number of hydrogen-bond acceptors (Lipinski definition) is 5. The van der Waals surface area contributed by atoms with Crippen molar-refractivity contribution in [3.8, 4) is 0 Å². The van der Waals surface area contributed by atoms with Gasteiger partial charge in [-0.25, -0.2) is 4.68 Å². The fourth-order valence-corrected chi connectivity index (χ4v) is 3.70. The Balaban J connectivity index is 1.77. The first-order valence-corrected chi connectivity index (χ1v) is 10.0. The van der Waals surface area contributed by atoms with Gasteiger partial charge in [0.05, 0.1) is 5.57 Å². The van der Waals surface area contributed by atoms with Crippen molar-refractivity contribution < 1.29 is 9.90 Å². The van der Waals surface area contributed by atoms with E-state index in [9.17, 15) is 4.79 Å². The molecule has 7 heteroatoms. The summed E-state index contributed by atoms with van der Waals surface area (Å²) >= 11 is 0. The van der Waals surface area contributed by atoms with Gasteiger partial charge in [0.1, 0.15) is 6.04 Å². The van der Waals surface area contributed by atoms with E-state index < -0.39 is 6.04 Å². The monoisotopic (exact) mass is 403 g/mol. The first-order chi connectivity index (χ1) is 14.6. The number of amides is 1. The van der Waals surface area contributed by atoms with Crippen molar-refractivity contribution in [3.63, 3.8) is 0 Å². The number of aromatic nitrogens is 3. The van der Waals surface area contributed by atoms with E-state index in [0.717, 1.165) is 22.5 Å². The lowest BCUT2D eigenvalue weighted by atomic mass is 9.94. The van der Waals surface area contributed by atoms with Crippen LogP contribution in [0.4, 0.5) is 11.6 Å². The summed E-state index contributed by atoms with van der Waals surface area (Å²) in [6.07, 6.45) is 1.16. The predicted octanol–water partition coefficient (Wildman–Crippen LogP) is 3.44. The molecule has 2 heterocycles. The van der Waals surface area contributed by atoms with Gasteiger partial charge in [-0.1, -0.05) is 48.0 Å². The molecular weight excluding hydrogens is 378 g/mol. The summed E-state index contributed by atoms with van der Waals surface area (Å²) in [7, 11) is 0. The number of nitrogens with one attached hydrogen (secondary N) is 2. The van der Waals surface area contributed by atoms with Crippen LogP contribution in [0.1, 0.15) is 36.3 Å². The lowest BCUT2D eigenvalue weighted by Gasteiger charge is -2.29. The molecule has 1 aromatic heterocycles. The van der Waals surface area contributed by atoms with Crippen LogP contribution in [0.15, 0.2) is 65.9 Å². The van der Waals surface area contributed by atoms with Crippen LogP contribution in [0.5, 0.6) is 0 Å². The molecule has 2 aromatic carbocycles. The van der Waals surface area contributed by atoms with Gasteiger partial charge in [-0.05, 0) is 38.0 Å².